The summed E-state index contributed by atoms with van der Waals surface area (Å²) in [6.45, 7) is 5.94. The Kier molecular flexibility index (Phi) is 4.43. The average molecular weight is 307 g/mol. The molecule has 0 saturated heterocycles. The van der Waals surface area contributed by atoms with Crippen molar-refractivity contribution < 1.29 is 13.5 Å². The first-order valence-corrected chi connectivity index (χ1v) is 8.47. The predicted octanol–water partition coefficient (Wildman–Crippen LogP) is 1.81. The monoisotopic (exact) mass is 307 g/mol. The van der Waals surface area contributed by atoms with Crippen LogP contribution in [0.3, 0.4) is 0 Å². The van der Waals surface area contributed by atoms with Gasteiger partial charge in [-0.15, -0.1) is 0 Å². The second-order valence-electron chi connectivity index (χ2n) is 6.14. The van der Waals surface area contributed by atoms with Crippen LogP contribution in [0.1, 0.15) is 37.8 Å². The van der Waals surface area contributed by atoms with Gasteiger partial charge in [0.1, 0.15) is 0 Å². The van der Waals surface area contributed by atoms with Crippen LogP contribution in [-0.2, 0) is 10.0 Å². The fourth-order valence-corrected chi connectivity index (χ4v) is 3.66. The van der Waals surface area contributed by atoms with Gasteiger partial charge in [-0.05, 0) is 36.5 Å². The molecule has 1 aliphatic rings. The van der Waals surface area contributed by atoms with Crippen molar-refractivity contribution in [1.82, 2.24) is 4.72 Å². The summed E-state index contributed by atoms with van der Waals surface area (Å²) in [6, 6.07) is 5.11. The molecule has 21 heavy (non-hydrogen) atoms. The van der Waals surface area contributed by atoms with E-state index in [0.29, 0.717) is 12.0 Å². The molecule has 1 fully saturated rings. The third kappa shape index (κ3) is 3.85. The molecule has 0 spiro atoms. The summed E-state index contributed by atoms with van der Waals surface area (Å²) in [4.78, 5) is 0.209. The van der Waals surface area contributed by atoms with Crippen LogP contribution in [-0.4, -0.2) is 26.2 Å². The summed E-state index contributed by atoms with van der Waals surface area (Å²) in [6.07, 6.45) is 1.18. The van der Waals surface area contributed by atoms with Crippen LogP contribution in [0.2, 0.25) is 0 Å². The molecule has 0 aliphatic heterocycles. The molecule has 1 aromatic carbocycles. The highest BCUT2D eigenvalue weighted by atomic mass is 32.2. The van der Waals surface area contributed by atoms with E-state index in [1.807, 2.05) is 20.8 Å². The minimum atomic E-state index is -3.57. The molecule has 1 saturated carbocycles. The van der Waals surface area contributed by atoms with Gasteiger partial charge in [-0.1, -0.05) is 31.8 Å². The smallest absolute Gasteiger partial charge is 0.242 e. The van der Waals surface area contributed by atoms with Crippen molar-refractivity contribution in [2.75, 3.05) is 6.61 Å². The Morgan fingerprint density at radius 2 is 2.10 bits per heavy atom. The molecule has 4 nitrogen and oxygen atoms in total. The second-order valence-corrected chi connectivity index (χ2v) is 7.82. The summed E-state index contributed by atoms with van der Waals surface area (Å²) in [5, 5.41) is 8.78. The van der Waals surface area contributed by atoms with E-state index in [1.165, 1.54) is 0 Å². The van der Waals surface area contributed by atoms with E-state index in [2.05, 4.69) is 16.6 Å². The highest BCUT2D eigenvalue weighted by Crippen LogP contribution is 2.45. The Morgan fingerprint density at radius 3 is 2.67 bits per heavy atom. The van der Waals surface area contributed by atoms with Gasteiger partial charge in [0.15, 0.2) is 0 Å². The quantitative estimate of drug-likeness (QED) is 0.834. The van der Waals surface area contributed by atoms with Crippen molar-refractivity contribution in [3.63, 3.8) is 0 Å². The van der Waals surface area contributed by atoms with Crippen LogP contribution in [0.15, 0.2) is 23.1 Å². The van der Waals surface area contributed by atoms with Gasteiger partial charge in [-0.3, -0.25) is 0 Å². The van der Waals surface area contributed by atoms with Crippen LogP contribution in [0.25, 0.3) is 0 Å². The molecule has 0 bridgehead atoms. The van der Waals surface area contributed by atoms with Gasteiger partial charge in [0, 0.05) is 18.0 Å². The molecule has 0 amide bonds. The van der Waals surface area contributed by atoms with Crippen LogP contribution >= 0.6 is 0 Å². The van der Waals surface area contributed by atoms with Crippen molar-refractivity contribution in [3.05, 3.63) is 29.3 Å². The lowest BCUT2D eigenvalue weighted by atomic mass is 10.1. The first-order chi connectivity index (χ1) is 9.76. The van der Waals surface area contributed by atoms with Gasteiger partial charge < -0.3 is 5.11 Å². The molecule has 0 radical (unpaired) electrons. The topological polar surface area (TPSA) is 66.4 Å². The largest absolute Gasteiger partial charge is 0.395 e. The van der Waals surface area contributed by atoms with Crippen molar-refractivity contribution in [2.45, 2.75) is 44.6 Å². The highest BCUT2D eigenvalue weighted by molar-refractivity contribution is 7.89. The van der Waals surface area contributed by atoms with E-state index in [9.17, 15) is 8.42 Å². The Balaban J connectivity index is 2.32. The lowest BCUT2D eigenvalue weighted by Crippen LogP contribution is -2.29. The Hall–Kier alpha value is -1.35. The number of benzene rings is 1. The molecule has 0 heterocycles. The van der Waals surface area contributed by atoms with Gasteiger partial charge in [0.25, 0.3) is 0 Å². The Labute approximate surface area is 126 Å². The molecule has 1 atom stereocenters. The van der Waals surface area contributed by atoms with Crippen LogP contribution in [0, 0.1) is 24.2 Å². The number of aliphatic hydroxyl groups excluding tert-OH is 1. The zero-order valence-electron chi connectivity index (χ0n) is 12.6. The zero-order valence-corrected chi connectivity index (χ0v) is 13.4. The molecular weight excluding hydrogens is 286 g/mol. The minimum Gasteiger partial charge on any atom is -0.395 e. The summed E-state index contributed by atoms with van der Waals surface area (Å²) in [5.74, 6) is 5.63. The molecular formula is C16H21NO3S. The number of aliphatic hydroxyl groups is 1. The van der Waals surface area contributed by atoms with E-state index < -0.39 is 10.0 Å². The predicted molar refractivity (Wildman–Crippen MR) is 82.3 cm³/mol. The SMILES string of the molecule is Cc1ccc(S(=O)(=O)NC2CC2(C)C)c(C#CCCO)c1. The van der Waals surface area contributed by atoms with Gasteiger partial charge >= 0.3 is 0 Å². The van der Waals surface area contributed by atoms with Gasteiger partial charge in [-0.25, -0.2) is 13.1 Å². The van der Waals surface area contributed by atoms with Gasteiger partial charge in [-0.2, -0.15) is 0 Å². The highest BCUT2D eigenvalue weighted by Gasteiger charge is 2.48. The summed E-state index contributed by atoms with van der Waals surface area (Å²) in [5.41, 5.74) is 1.46. The van der Waals surface area contributed by atoms with Crippen molar-refractivity contribution in [1.29, 1.82) is 0 Å². The van der Waals surface area contributed by atoms with Crippen LogP contribution in [0.5, 0.6) is 0 Å². The second kappa shape index (κ2) is 5.80. The molecule has 1 aromatic rings. The normalized spacial score (nSPS) is 19.7. The van der Waals surface area contributed by atoms with E-state index in [4.69, 9.17) is 5.11 Å². The molecule has 2 rings (SSSR count). The summed E-state index contributed by atoms with van der Waals surface area (Å²) >= 11 is 0. The number of sulfonamides is 1. The van der Waals surface area contributed by atoms with Crippen molar-refractivity contribution in [3.8, 4) is 11.8 Å². The first kappa shape index (κ1) is 16.0. The standard InChI is InChI=1S/C16H21NO3S/c1-12-7-8-14(13(10-12)6-4-5-9-18)21(19,20)17-15-11-16(15,2)3/h7-8,10,15,17-18H,5,9,11H2,1-3H3. The minimum absolute atomic E-state index is 0.0120. The fourth-order valence-electron chi connectivity index (χ4n) is 2.11. The Morgan fingerprint density at radius 1 is 1.43 bits per heavy atom. The fraction of sp³-hybridized carbons (Fsp3) is 0.500. The molecule has 5 heteroatoms. The summed E-state index contributed by atoms with van der Waals surface area (Å²) < 4.78 is 27.8. The maximum absolute atomic E-state index is 12.5. The lowest BCUT2D eigenvalue weighted by Gasteiger charge is -2.10. The third-order valence-electron chi connectivity index (χ3n) is 3.70. The van der Waals surface area contributed by atoms with Gasteiger partial charge in [0.05, 0.1) is 11.5 Å². The zero-order chi connectivity index (χ0) is 15.7. The number of rotatable bonds is 4. The molecule has 1 unspecified atom stereocenters. The third-order valence-corrected chi connectivity index (χ3v) is 5.23. The van der Waals surface area contributed by atoms with Crippen molar-refractivity contribution in [2.24, 2.45) is 5.41 Å². The first-order valence-electron chi connectivity index (χ1n) is 6.99. The van der Waals surface area contributed by atoms with Crippen LogP contribution in [0.4, 0.5) is 0 Å². The molecule has 114 valence electrons. The number of nitrogens with one attached hydrogen (secondary N) is 1. The maximum atomic E-state index is 12.5. The van der Waals surface area contributed by atoms with E-state index >= 15 is 0 Å². The lowest BCUT2D eigenvalue weighted by molar-refractivity contribution is 0.305. The number of hydrogen-bond donors (Lipinski definition) is 2. The van der Waals surface area contributed by atoms with Crippen molar-refractivity contribution >= 4 is 10.0 Å². The molecule has 0 aromatic heterocycles. The molecule has 1 aliphatic carbocycles. The molecule has 2 N–H and O–H groups in total. The van der Waals surface area contributed by atoms with Crippen LogP contribution < -0.4 is 4.72 Å². The number of aryl methyl sites for hydroxylation is 1. The maximum Gasteiger partial charge on any atom is 0.242 e. The van der Waals surface area contributed by atoms with E-state index in [1.54, 1.807) is 18.2 Å². The van der Waals surface area contributed by atoms with Gasteiger partial charge in [0.2, 0.25) is 10.0 Å². The Bertz CT molecular complexity index is 696. The summed E-state index contributed by atoms with van der Waals surface area (Å²) in [7, 11) is -3.57. The average Bonchev–Trinajstić information content (AvgIpc) is 2.95. The number of hydrogen-bond acceptors (Lipinski definition) is 3. The van der Waals surface area contributed by atoms with E-state index in [0.717, 1.165) is 12.0 Å². The van der Waals surface area contributed by atoms with E-state index in [-0.39, 0.29) is 23.0 Å².